The first-order valence-corrected chi connectivity index (χ1v) is 9.72. The summed E-state index contributed by atoms with van der Waals surface area (Å²) in [6, 6.07) is 7.45. The second-order valence-electron chi connectivity index (χ2n) is 7.53. The van der Waals surface area contributed by atoms with Crippen LogP contribution in [-0.2, 0) is 7.05 Å². The standard InChI is InChI=1S/C22H22N4O2/c1-26-13-16(12-23-26)15-6-7-18(20(27)10-15)19-11-21-22(25-24-19)17(8-9-28-21)14-4-2-3-5-14/h6-8,10-14,27H,2-5,9H2,1H3. The Bertz CT molecular complexity index is 1060. The third-order valence-corrected chi connectivity index (χ3v) is 5.68. The number of fused-ring (bicyclic) bond motifs is 1. The van der Waals surface area contributed by atoms with E-state index in [0.717, 1.165) is 22.6 Å². The van der Waals surface area contributed by atoms with Gasteiger partial charge in [-0.3, -0.25) is 4.68 Å². The molecule has 2 aliphatic rings. The van der Waals surface area contributed by atoms with Crippen LogP contribution in [0.2, 0.25) is 0 Å². The molecule has 2 aromatic heterocycles. The molecule has 6 nitrogen and oxygen atoms in total. The van der Waals surface area contributed by atoms with Gasteiger partial charge in [-0.2, -0.15) is 5.10 Å². The average Bonchev–Trinajstić information content (AvgIpc) is 3.39. The molecule has 0 spiro atoms. The van der Waals surface area contributed by atoms with Gasteiger partial charge in [0, 0.05) is 30.4 Å². The number of rotatable bonds is 3. The Morgan fingerprint density at radius 2 is 1.96 bits per heavy atom. The van der Waals surface area contributed by atoms with Crippen molar-refractivity contribution < 1.29 is 9.84 Å². The highest BCUT2D eigenvalue weighted by molar-refractivity contribution is 5.77. The third kappa shape index (κ3) is 2.95. The molecule has 0 saturated heterocycles. The molecule has 3 heterocycles. The summed E-state index contributed by atoms with van der Waals surface area (Å²) in [4.78, 5) is 0. The SMILES string of the molecule is Cn1cc(-c2ccc(-c3cc4c(nn3)C(C3CCCC3)=CCO4)c(O)c2)cn1. The van der Waals surface area contributed by atoms with Crippen molar-refractivity contribution in [1.82, 2.24) is 20.0 Å². The molecule has 1 saturated carbocycles. The number of aromatic nitrogens is 4. The lowest BCUT2D eigenvalue weighted by Gasteiger charge is -2.21. The maximum absolute atomic E-state index is 10.6. The number of hydrogen-bond donors (Lipinski definition) is 1. The van der Waals surface area contributed by atoms with Gasteiger partial charge in [-0.05, 0) is 48.1 Å². The minimum absolute atomic E-state index is 0.165. The van der Waals surface area contributed by atoms with Gasteiger partial charge in [-0.15, -0.1) is 10.2 Å². The topological polar surface area (TPSA) is 73.1 Å². The molecule has 1 aliphatic heterocycles. The van der Waals surface area contributed by atoms with Crippen molar-refractivity contribution in [1.29, 1.82) is 0 Å². The number of benzene rings is 1. The molecule has 142 valence electrons. The van der Waals surface area contributed by atoms with Crippen LogP contribution < -0.4 is 4.74 Å². The number of hydrogen-bond acceptors (Lipinski definition) is 5. The first kappa shape index (κ1) is 17.0. The molecule has 5 rings (SSSR count). The van der Waals surface area contributed by atoms with Crippen molar-refractivity contribution in [3.63, 3.8) is 0 Å². The Morgan fingerprint density at radius 3 is 2.71 bits per heavy atom. The van der Waals surface area contributed by atoms with Crippen LogP contribution in [0.5, 0.6) is 11.5 Å². The fourth-order valence-electron chi connectivity index (χ4n) is 4.23. The van der Waals surface area contributed by atoms with Crippen molar-refractivity contribution >= 4 is 5.57 Å². The van der Waals surface area contributed by atoms with Crippen LogP contribution in [0.25, 0.3) is 28.0 Å². The first-order chi connectivity index (χ1) is 13.7. The second-order valence-corrected chi connectivity index (χ2v) is 7.53. The van der Waals surface area contributed by atoms with E-state index in [1.54, 1.807) is 16.9 Å². The lowest BCUT2D eigenvalue weighted by atomic mass is 9.92. The van der Waals surface area contributed by atoms with E-state index >= 15 is 0 Å². The fraction of sp³-hybridized carbons (Fsp3) is 0.318. The summed E-state index contributed by atoms with van der Waals surface area (Å²) in [5, 5.41) is 23.7. The molecule has 0 atom stereocenters. The van der Waals surface area contributed by atoms with Crippen molar-refractivity contribution in [3.05, 3.63) is 48.4 Å². The minimum atomic E-state index is 0.165. The van der Waals surface area contributed by atoms with Gasteiger partial charge in [-0.1, -0.05) is 18.9 Å². The second kappa shape index (κ2) is 6.78. The molecule has 1 aromatic carbocycles. The van der Waals surface area contributed by atoms with Crippen molar-refractivity contribution in [2.75, 3.05) is 6.61 Å². The Balaban J connectivity index is 1.48. The van der Waals surface area contributed by atoms with E-state index in [1.807, 2.05) is 31.4 Å². The summed E-state index contributed by atoms with van der Waals surface area (Å²) >= 11 is 0. The molecular formula is C22H22N4O2. The highest BCUT2D eigenvalue weighted by Gasteiger charge is 2.27. The third-order valence-electron chi connectivity index (χ3n) is 5.68. The smallest absolute Gasteiger partial charge is 0.149 e. The Kier molecular flexibility index (Phi) is 4.11. The molecule has 6 heteroatoms. The molecule has 0 radical (unpaired) electrons. The van der Waals surface area contributed by atoms with Crippen LogP contribution in [0.4, 0.5) is 0 Å². The monoisotopic (exact) mass is 374 g/mol. The van der Waals surface area contributed by atoms with Crippen LogP contribution >= 0.6 is 0 Å². The highest BCUT2D eigenvalue weighted by atomic mass is 16.5. The number of phenolic OH excluding ortho intramolecular Hbond substituents is 1. The normalized spacial score (nSPS) is 16.5. The molecule has 28 heavy (non-hydrogen) atoms. The van der Waals surface area contributed by atoms with E-state index in [-0.39, 0.29) is 5.75 Å². The van der Waals surface area contributed by atoms with Crippen LogP contribution in [0.15, 0.2) is 42.7 Å². The minimum Gasteiger partial charge on any atom is -0.507 e. The molecule has 3 aromatic rings. The number of nitrogens with zero attached hydrogens (tertiary/aromatic N) is 4. The molecule has 0 amide bonds. The number of phenols is 1. The zero-order valence-electron chi connectivity index (χ0n) is 15.8. The summed E-state index contributed by atoms with van der Waals surface area (Å²) < 4.78 is 7.58. The van der Waals surface area contributed by atoms with Gasteiger partial charge < -0.3 is 9.84 Å². The zero-order chi connectivity index (χ0) is 19.1. The van der Waals surface area contributed by atoms with E-state index < -0.39 is 0 Å². The summed E-state index contributed by atoms with van der Waals surface area (Å²) in [5.41, 5.74) is 5.24. The first-order valence-electron chi connectivity index (χ1n) is 9.72. The number of ether oxygens (including phenoxy) is 1. The summed E-state index contributed by atoms with van der Waals surface area (Å²) in [6.45, 7) is 0.565. The van der Waals surface area contributed by atoms with Gasteiger partial charge in [-0.25, -0.2) is 0 Å². The molecule has 1 fully saturated rings. The summed E-state index contributed by atoms with van der Waals surface area (Å²) in [5.74, 6) is 1.48. The highest BCUT2D eigenvalue weighted by Crippen LogP contribution is 2.42. The van der Waals surface area contributed by atoms with E-state index in [0.29, 0.717) is 23.8 Å². The number of aryl methyl sites for hydroxylation is 1. The van der Waals surface area contributed by atoms with Crippen molar-refractivity contribution in [3.8, 4) is 33.9 Å². The maximum atomic E-state index is 10.6. The van der Waals surface area contributed by atoms with Gasteiger partial charge in [0.15, 0.2) is 0 Å². The van der Waals surface area contributed by atoms with E-state index in [1.165, 1.54) is 31.3 Å². The van der Waals surface area contributed by atoms with Crippen LogP contribution in [0, 0.1) is 5.92 Å². The maximum Gasteiger partial charge on any atom is 0.149 e. The zero-order valence-corrected chi connectivity index (χ0v) is 15.8. The number of allylic oxidation sites excluding steroid dienone is 1. The van der Waals surface area contributed by atoms with Gasteiger partial charge in [0.25, 0.3) is 0 Å². The van der Waals surface area contributed by atoms with Crippen LogP contribution in [0.1, 0.15) is 31.4 Å². The number of aromatic hydroxyl groups is 1. The van der Waals surface area contributed by atoms with Gasteiger partial charge >= 0.3 is 0 Å². The quantitative estimate of drug-likeness (QED) is 0.743. The summed E-state index contributed by atoms with van der Waals surface area (Å²) in [6.07, 6.45) is 10.8. The largest absolute Gasteiger partial charge is 0.507 e. The lowest BCUT2D eigenvalue weighted by Crippen LogP contribution is -2.12. The van der Waals surface area contributed by atoms with E-state index in [4.69, 9.17) is 4.74 Å². The van der Waals surface area contributed by atoms with Crippen LogP contribution in [-0.4, -0.2) is 31.7 Å². The van der Waals surface area contributed by atoms with Gasteiger partial charge in [0.2, 0.25) is 0 Å². The predicted octanol–water partition coefficient (Wildman–Crippen LogP) is 4.22. The van der Waals surface area contributed by atoms with Crippen molar-refractivity contribution in [2.45, 2.75) is 25.7 Å². The van der Waals surface area contributed by atoms with Gasteiger partial charge in [0.05, 0.1) is 6.20 Å². The molecule has 0 bridgehead atoms. The Hall–Kier alpha value is -3.15. The molecular weight excluding hydrogens is 352 g/mol. The van der Waals surface area contributed by atoms with Gasteiger partial charge in [0.1, 0.15) is 29.5 Å². The fourth-order valence-corrected chi connectivity index (χ4v) is 4.23. The van der Waals surface area contributed by atoms with E-state index in [9.17, 15) is 5.11 Å². The molecule has 1 aliphatic carbocycles. The van der Waals surface area contributed by atoms with Crippen LogP contribution in [0.3, 0.4) is 0 Å². The average molecular weight is 374 g/mol. The predicted molar refractivity (Wildman–Crippen MR) is 107 cm³/mol. The lowest BCUT2D eigenvalue weighted by molar-refractivity contribution is 0.351. The Morgan fingerprint density at radius 1 is 1.11 bits per heavy atom. The van der Waals surface area contributed by atoms with Crippen molar-refractivity contribution in [2.24, 2.45) is 13.0 Å². The molecule has 0 unspecified atom stereocenters. The van der Waals surface area contributed by atoms with E-state index in [2.05, 4.69) is 21.4 Å². The Labute approximate surface area is 163 Å². The summed E-state index contributed by atoms with van der Waals surface area (Å²) in [7, 11) is 1.87. The molecule has 1 N–H and O–H groups in total.